The van der Waals surface area contributed by atoms with Crippen molar-refractivity contribution in [2.75, 3.05) is 18.0 Å². The van der Waals surface area contributed by atoms with E-state index in [-0.39, 0.29) is 12.2 Å². The fourth-order valence-electron chi connectivity index (χ4n) is 2.93. The predicted molar refractivity (Wildman–Crippen MR) is 81.9 cm³/mol. The van der Waals surface area contributed by atoms with Gasteiger partial charge in [0.1, 0.15) is 5.82 Å². The molecule has 0 aliphatic carbocycles. The largest absolute Gasteiger partial charge is 0.372 e. The number of anilines is 1. The highest BCUT2D eigenvalue weighted by atomic mass is 16.5. The Bertz CT molecular complexity index is 604. The van der Waals surface area contributed by atoms with Gasteiger partial charge in [-0.05, 0) is 25.3 Å². The standard InChI is InChI=1S/C16H21N3O/c1-11-9-19(10-12(2)20-11)16-15-6-4-3-5-13(15)7-14(8-17)18-16/h3-7,11-12H,8-10,17H2,1-2H3. The van der Waals surface area contributed by atoms with E-state index in [1.807, 2.05) is 0 Å². The number of aromatic nitrogens is 1. The van der Waals surface area contributed by atoms with E-state index in [2.05, 4.69) is 49.1 Å². The van der Waals surface area contributed by atoms with Gasteiger partial charge in [-0.2, -0.15) is 0 Å². The molecule has 1 aromatic carbocycles. The topological polar surface area (TPSA) is 51.4 Å². The lowest BCUT2D eigenvalue weighted by Gasteiger charge is -2.36. The zero-order valence-corrected chi connectivity index (χ0v) is 12.0. The van der Waals surface area contributed by atoms with Crippen molar-refractivity contribution < 1.29 is 4.74 Å². The van der Waals surface area contributed by atoms with Crippen LogP contribution in [0.2, 0.25) is 0 Å². The van der Waals surface area contributed by atoms with Crippen molar-refractivity contribution in [1.29, 1.82) is 0 Å². The maximum atomic E-state index is 5.81. The summed E-state index contributed by atoms with van der Waals surface area (Å²) in [7, 11) is 0. The SMILES string of the molecule is CC1CN(c2nc(CN)cc3ccccc23)CC(C)O1. The maximum Gasteiger partial charge on any atom is 0.136 e. The Morgan fingerprint density at radius 3 is 2.65 bits per heavy atom. The molecule has 4 heteroatoms. The second-order valence-electron chi connectivity index (χ2n) is 5.52. The van der Waals surface area contributed by atoms with Crippen molar-refractivity contribution in [3.05, 3.63) is 36.0 Å². The summed E-state index contributed by atoms with van der Waals surface area (Å²) in [4.78, 5) is 7.08. The third kappa shape index (κ3) is 2.49. The minimum absolute atomic E-state index is 0.223. The van der Waals surface area contributed by atoms with E-state index >= 15 is 0 Å². The average Bonchev–Trinajstić information content (AvgIpc) is 2.45. The minimum Gasteiger partial charge on any atom is -0.372 e. The molecule has 2 atom stereocenters. The van der Waals surface area contributed by atoms with Crippen LogP contribution in [-0.4, -0.2) is 30.3 Å². The van der Waals surface area contributed by atoms with Crippen LogP contribution in [0, 0.1) is 0 Å². The van der Waals surface area contributed by atoms with Crippen LogP contribution in [0.5, 0.6) is 0 Å². The number of fused-ring (bicyclic) bond motifs is 1. The van der Waals surface area contributed by atoms with E-state index in [1.165, 1.54) is 10.8 Å². The van der Waals surface area contributed by atoms with E-state index in [4.69, 9.17) is 15.5 Å². The molecular weight excluding hydrogens is 250 g/mol. The van der Waals surface area contributed by atoms with Crippen molar-refractivity contribution in [3.8, 4) is 0 Å². The molecule has 3 rings (SSSR count). The number of ether oxygens (including phenoxy) is 1. The number of benzene rings is 1. The lowest BCUT2D eigenvalue weighted by Crippen LogP contribution is -2.46. The summed E-state index contributed by atoms with van der Waals surface area (Å²) in [5, 5.41) is 2.38. The molecule has 20 heavy (non-hydrogen) atoms. The number of hydrogen-bond acceptors (Lipinski definition) is 4. The summed E-state index contributed by atoms with van der Waals surface area (Å²) in [6, 6.07) is 10.4. The van der Waals surface area contributed by atoms with E-state index in [0.29, 0.717) is 6.54 Å². The number of nitrogens with zero attached hydrogens (tertiary/aromatic N) is 2. The van der Waals surface area contributed by atoms with E-state index in [0.717, 1.165) is 24.6 Å². The molecule has 0 saturated carbocycles. The number of hydrogen-bond donors (Lipinski definition) is 1. The summed E-state index contributed by atoms with van der Waals surface area (Å²) in [6.07, 6.45) is 0.446. The summed E-state index contributed by atoms with van der Waals surface area (Å²) < 4.78 is 5.81. The van der Waals surface area contributed by atoms with Crippen LogP contribution in [0.3, 0.4) is 0 Å². The molecule has 1 saturated heterocycles. The molecule has 1 aliphatic heterocycles. The molecule has 4 nitrogen and oxygen atoms in total. The number of rotatable bonds is 2. The van der Waals surface area contributed by atoms with E-state index < -0.39 is 0 Å². The van der Waals surface area contributed by atoms with Crippen LogP contribution in [0.15, 0.2) is 30.3 Å². The van der Waals surface area contributed by atoms with E-state index in [9.17, 15) is 0 Å². The maximum absolute atomic E-state index is 5.81. The number of nitrogens with two attached hydrogens (primary N) is 1. The van der Waals surface area contributed by atoms with Crippen molar-refractivity contribution >= 4 is 16.6 Å². The molecule has 1 aliphatic rings. The van der Waals surface area contributed by atoms with Gasteiger partial charge in [0.25, 0.3) is 0 Å². The van der Waals surface area contributed by atoms with Crippen LogP contribution in [0.1, 0.15) is 19.5 Å². The molecule has 1 aromatic heterocycles. The highest BCUT2D eigenvalue weighted by Gasteiger charge is 2.24. The van der Waals surface area contributed by atoms with Gasteiger partial charge < -0.3 is 15.4 Å². The van der Waals surface area contributed by atoms with Crippen molar-refractivity contribution in [3.63, 3.8) is 0 Å². The summed E-state index contributed by atoms with van der Waals surface area (Å²) in [5.41, 5.74) is 6.72. The van der Waals surface area contributed by atoms with Crippen molar-refractivity contribution in [2.45, 2.75) is 32.6 Å². The quantitative estimate of drug-likeness (QED) is 0.910. The van der Waals surface area contributed by atoms with Gasteiger partial charge in [0.2, 0.25) is 0 Å². The van der Waals surface area contributed by atoms with Gasteiger partial charge in [0.15, 0.2) is 0 Å². The van der Waals surface area contributed by atoms with Crippen LogP contribution in [0.4, 0.5) is 5.82 Å². The first-order valence-electron chi connectivity index (χ1n) is 7.16. The molecule has 106 valence electrons. The van der Waals surface area contributed by atoms with Crippen LogP contribution in [-0.2, 0) is 11.3 Å². The molecule has 2 heterocycles. The third-order valence-electron chi connectivity index (χ3n) is 3.70. The number of pyridine rings is 1. The normalized spacial score (nSPS) is 23.2. The van der Waals surface area contributed by atoms with E-state index in [1.54, 1.807) is 0 Å². The van der Waals surface area contributed by atoms with Gasteiger partial charge in [0.05, 0.1) is 17.9 Å². The Balaban J connectivity index is 2.09. The molecule has 0 radical (unpaired) electrons. The third-order valence-corrected chi connectivity index (χ3v) is 3.70. The Labute approximate surface area is 119 Å². The minimum atomic E-state index is 0.223. The molecule has 2 unspecified atom stereocenters. The number of morpholine rings is 1. The first-order chi connectivity index (χ1) is 9.67. The molecule has 2 aromatic rings. The second-order valence-corrected chi connectivity index (χ2v) is 5.52. The smallest absolute Gasteiger partial charge is 0.136 e. The van der Waals surface area contributed by atoms with Crippen LogP contribution >= 0.6 is 0 Å². The Morgan fingerprint density at radius 2 is 1.95 bits per heavy atom. The Kier molecular flexibility index (Phi) is 3.59. The van der Waals surface area contributed by atoms with Gasteiger partial charge >= 0.3 is 0 Å². The molecule has 2 N–H and O–H groups in total. The highest BCUT2D eigenvalue weighted by Crippen LogP contribution is 2.28. The first kappa shape index (κ1) is 13.3. The molecular formula is C16H21N3O. The van der Waals surface area contributed by atoms with Gasteiger partial charge in [-0.15, -0.1) is 0 Å². The van der Waals surface area contributed by atoms with Gasteiger partial charge in [-0.25, -0.2) is 4.98 Å². The predicted octanol–water partition coefficient (Wildman–Crippen LogP) is 2.31. The van der Waals surface area contributed by atoms with Crippen molar-refractivity contribution in [2.24, 2.45) is 5.73 Å². The second kappa shape index (κ2) is 5.38. The molecule has 0 amide bonds. The Hall–Kier alpha value is -1.65. The van der Waals surface area contributed by atoms with Gasteiger partial charge in [-0.1, -0.05) is 24.3 Å². The van der Waals surface area contributed by atoms with Crippen LogP contribution < -0.4 is 10.6 Å². The molecule has 0 spiro atoms. The zero-order chi connectivity index (χ0) is 14.1. The Morgan fingerprint density at radius 1 is 1.25 bits per heavy atom. The summed E-state index contributed by atoms with van der Waals surface area (Å²) in [5.74, 6) is 1.03. The summed E-state index contributed by atoms with van der Waals surface area (Å²) in [6.45, 7) is 6.42. The monoisotopic (exact) mass is 271 g/mol. The van der Waals surface area contributed by atoms with Crippen molar-refractivity contribution in [1.82, 2.24) is 4.98 Å². The zero-order valence-electron chi connectivity index (χ0n) is 12.0. The fourth-order valence-corrected chi connectivity index (χ4v) is 2.93. The average molecular weight is 271 g/mol. The highest BCUT2D eigenvalue weighted by molar-refractivity contribution is 5.92. The summed E-state index contributed by atoms with van der Waals surface area (Å²) >= 11 is 0. The molecule has 1 fully saturated rings. The molecule has 0 bridgehead atoms. The van der Waals surface area contributed by atoms with Gasteiger partial charge in [0, 0.05) is 25.0 Å². The fraction of sp³-hybridized carbons (Fsp3) is 0.438. The first-order valence-corrected chi connectivity index (χ1v) is 7.16. The van der Waals surface area contributed by atoms with Gasteiger partial charge in [-0.3, -0.25) is 0 Å². The van der Waals surface area contributed by atoms with Crippen LogP contribution in [0.25, 0.3) is 10.8 Å². The lowest BCUT2D eigenvalue weighted by atomic mass is 10.1. The lowest BCUT2D eigenvalue weighted by molar-refractivity contribution is -0.00537.